The third-order valence-corrected chi connectivity index (χ3v) is 5.03. The molecule has 1 unspecified atom stereocenters. The number of benzene rings is 1. The first-order valence-electron chi connectivity index (χ1n) is 10.1. The van der Waals surface area contributed by atoms with Crippen molar-refractivity contribution in [3.63, 3.8) is 0 Å². The van der Waals surface area contributed by atoms with E-state index < -0.39 is 0 Å². The zero-order valence-corrected chi connectivity index (χ0v) is 18.1. The van der Waals surface area contributed by atoms with E-state index in [1.165, 1.54) is 13.2 Å². The third-order valence-electron chi connectivity index (χ3n) is 5.03. The molecular formula is C22H30FN5O2. The molecule has 1 aromatic carbocycles. The Morgan fingerprint density at radius 1 is 1.37 bits per heavy atom. The molecule has 2 heterocycles. The van der Waals surface area contributed by atoms with Crippen molar-refractivity contribution < 1.29 is 13.9 Å². The van der Waals surface area contributed by atoms with E-state index in [4.69, 9.17) is 9.47 Å². The Labute approximate surface area is 177 Å². The monoisotopic (exact) mass is 415 g/mol. The number of halogens is 1. The molecule has 1 aliphatic rings. The maximum Gasteiger partial charge on any atom is 0.193 e. The number of anilines is 1. The molecule has 1 fully saturated rings. The molecule has 0 radical (unpaired) electrons. The molecule has 7 nitrogen and oxygen atoms in total. The van der Waals surface area contributed by atoms with Gasteiger partial charge in [-0.15, -0.1) is 0 Å². The van der Waals surface area contributed by atoms with Crippen molar-refractivity contribution in [3.8, 4) is 5.75 Å². The molecule has 0 aliphatic carbocycles. The molecule has 1 N–H and O–H groups in total. The van der Waals surface area contributed by atoms with Gasteiger partial charge in [-0.3, -0.25) is 4.99 Å². The van der Waals surface area contributed by atoms with Crippen LogP contribution in [0.2, 0.25) is 0 Å². The first-order chi connectivity index (χ1) is 14.5. The quantitative estimate of drug-likeness (QED) is 0.578. The Balaban J connectivity index is 1.59. The predicted molar refractivity (Wildman–Crippen MR) is 116 cm³/mol. The molecule has 0 amide bonds. The number of hydrogen-bond donors (Lipinski definition) is 1. The van der Waals surface area contributed by atoms with Gasteiger partial charge in [0, 0.05) is 46.5 Å². The minimum atomic E-state index is -0.368. The Kier molecular flexibility index (Phi) is 7.46. The molecule has 0 bridgehead atoms. The number of rotatable bonds is 6. The molecule has 0 spiro atoms. The molecule has 30 heavy (non-hydrogen) atoms. The topological polar surface area (TPSA) is 62.2 Å². The Hall–Kier alpha value is -2.87. The fraction of sp³-hybridized carbons (Fsp3) is 0.455. The molecule has 0 saturated carbocycles. The Bertz CT molecular complexity index is 876. The molecule has 8 heteroatoms. The number of guanidine groups is 1. The van der Waals surface area contributed by atoms with E-state index in [1.807, 2.05) is 30.3 Å². The summed E-state index contributed by atoms with van der Waals surface area (Å²) in [5.74, 6) is 1.56. The average molecular weight is 416 g/mol. The number of methoxy groups -OCH3 is 1. The van der Waals surface area contributed by atoms with Gasteiger partial charge in [0.1, 0.15) is 5.82 Å². The van der Waals surface area contributed by atoms with Crippen molar-refractivity contribution in [2.75, 3.05) is 45.8 Å². The smallest absolute Gasteiger partial charge is 0.193 e. The highest BCUT2D eigenvalue weighted by atomic mass is 19.1. The molecule has 1 atom stereocenters. The largest absolute Gasteiger partial charge is 0.494 e. The van der Waals surface area contributed by atoms with Gasteiger partial charge in [0.2, 0.25) is 0 Å². The van der Waals surface area contributed by atoms with Crippen LogP contribution in [0.1, 0.15) is 18.1 Å². The summed E-state index contributed by atoms with van der Waals surface area (Å²) < 4.78 is 24.6. The van der Waals surface area contributed by atoms with Gasteiger partial charge in [0.25, 0.3) is 0 Å². The molecular weight excluding hydrogens is 385 g/mol. The number of nitrogens with one attached hydrogen (secondary N) is 1. The highest BCUT2D eigenvalue weighted by molar-refractivity contribution is 5.79. The number of pyridine rings is 1. The number of nitrogens with zero attached hydrogens (tertiary/aromatic N) is 4. The van der Waals surface area contributed by atoms with E-state index in [0.29, 0.717) is 19.7 Å². The van der Waals surface area contributed by atoms with Crippen molar-refractivity contribution in [1.29, 1.82) is 0 Å². The van der Waals surface area contributed by atoms with E-state index in [2.05, 4.69) is 33.2 Å². The van der Waals surface area contributed by atoms with E-state index in [0.717, 1.165) is 36.0 Å². The lowest BCUT2D eigenvalue weighted by Crippen LogP contribution is -2.41. The highest BCUT2D eigenvalue weighted by Gasteiger charge is 2.18. The summed E-state index contributed by atoms with van der Waals surface area (Å²) in [6, 6.07) is 9.06. The number of aromatic nitrogens is 1. The average Bonchev–Trinajstić information content (AvgIpc) is 2.74. The molecule has 3 rings (SSSR count). The molecule has 2 aromatic rings. The van der Waals surface area contributed by atoms with Crippen LogP contribution in [-0.4, -0.2) is 62.8 Å². The summed E-state index contributed by atoms with van der Waals surface area (Å²) in [7, 11) is 5.12. The van der Waals surface area contributed by atoms with Crippen molar-refractivity contribution in [2.45, 2.75) is 26.1 Å². The lowest BCUT2D eigenvalue weighted by molar-refractivity contribution is 0.0529. The standard InChI is InChI=1S/C22H30FN5O2/c1-16-14-28(9-10-30-16)21-12-17(7-8-25-21)13-26-22(24-2)27(3)15-18-5-6-20(29-4)19(23)11-18/h5-8,11-12,16H,9-10,13-15H2,1-4H3,(H,24,26). The number of hydrogen-bond acceptors (Lipinski definition) is 5. The second-order valence-corrected chi connectivity index (χ2v) is 7.38. The van der Waals surface area contributed by atoms with Gasteiger partial charge in [-0.25, -0.2) is 9.37 Å². The van der Waals surface area contributed by atoms with Crippen LogP contribution in [0.15, 0.2) is 41.5 Å². The van der Waals surface area contributed by atoms with Crippen molar-refractivity contribution in [3.05, 3.63) is 53.5 Å². The van der Waals surface area contributed by atoms with Gasteiger partial charge in [-0.1, -0.05) is 6.07 Å². The van der Waals surface area contributed by atoms with Gasteiger partial charge in [-0.05, 0) is 42.3 Å². The lowest BCUT2D eigenvalue weighted by atomic mass is 10.2. The second kappa shape index (κ2) is 10.2. The third kappa shape index (κ3) is 5.60. The molecule has 1 aliphatic heterocycles. The van der Waals surface area contributed by atoms with Crippen LogP contribution >= 0.6 is 0 Å². The van der Waals surface area contributed by atoms with Crippen LogP contribution < -0.4 is 15.0 Å². The van der Waals surface area contributed by atoms with E-state index in [9.17, 15) is 4.39 Å². The van der Waals surface area contributed by atoms with Crippen molar-refractivity contribution in [2.24, 2.45) is 4.99 Å². The minimum absolute atomic E-state index is 0.206. The highest BCUT2D eigenvalue weighted by Crippen LogP contribution is 2.19. The van der Waals surface area contributed by atoms with Crippen LogP contribution in [0.3, 0.4) is 0 Å². The Morgan fingerprint density at radius 3 is 2.90 bits per heavy atom. The van der Waals surface area contributed by atoms with Gasteiger partial charge >= 0.3 is 0 Å². The van der Waals surface area contributed by atoms with Crippen molar-refractivity contribution in [1.82, 2.24) is 15.2 Å². The van der Waals surface area contributed by atoms with Gasteiger partial charge in [0.05, 0.1) is 19.8 Å². The van der Waals surface area contributed by atoms with Gasteiger partial charge in [0.15, 0.2) is 17.5 Å². The molecule has 162 valence electrons. The summed E-state index contributed by atoms with van der Waals surface area (Å²) in [5, 5.41) is 3.37. The van der Waals surface area contributed by atoms with E-state index in [-0.39, 0.29) is 17.7 Å². The lowest BCUT2D eigenvalue weighted by Gasteiger charge is -2.32. The summed E-state index contributed by atoms with van der Waals surface area (Å²) >= 11 is 0. The summed E-state index contributed by atoms with van der Waals surface area (Å²) in [6.07, 6.45) is 2.04. The van der Waals surface area contributed by atoms with Crippen molar-refractivity contribution >= 4 is 11.8 Å². The minimum Gasteiger partial charge on any atom is -0.494 e. The van der Waals surface area contributed by atoms with Crippen LogP contribution in [0.25, 0.3) is 0 Å². The van der Waals surface area contributed by atoms with Crippen LogP contribution in [0.4, 0.5) is 10.2 Å². The number of aliphatic imine (C=N–C) groups is 1. The predicted octanol–water partition coefficient (Wildman–Crippen LogP) is 2.66. The summed E-state index contributed by atoms with van der Waals surface area (Å²) in [4.78, 5) is 13.1. The van der Waals surface area contributed by atoms with Crippen LogP contribution in [-0.2, 0) is 17.8 Å². The fourth-order valence-electron chi connectivity index (χ4n) is 3.49. The maximum absolute atomic E-state index is 14.0. The maximum atomic E-state index is 14.0. The first-order valence-corrected chi connectivity index (χ1v) is 10.1. The Morgan fingerprint density at radius 2 is 2.20 bits per heavy atom. The van der Waals surface area contributed by atoms with Gasteiger partial charge < -0.3 is 24.6 Å². The molecule has 1 saturated heterocycles. The van der Waals surface area contributed by atoms with E-state index in [1.54, 1.807) is 13.1 Å². The summed E-state index contributed by atoms with van der Waals surface area (Å²) in [6.45, 7) is 5.61. The second-order valence-electron chi connectivity index (χ2n) is 7.38. The number of ether oxygens (including phenoxy) is 2. The zero-order valence-electron chi connectivity index (χ0n) is 18.1. The zero-order chi connectivity index (χ0) is 21.5. The first kappa shape index (κ1) is 21.8. The van der Waals surface area contributed by atoms with Gasteiger partial charge in [-0.2, -0.15) is 0 Å². The van der Waals surface area contributed by atoms with Crippen LogP contribution in [0, 0.1) is 5.82 Å². The normalized spacial score (nSPS) is 17.0. The summed E-state index contributed by atoms with van der Waals surface area (Å²) in [5.41, 5.74) is 1.95. The fourth-order valence-corrected chi connectivity index (χ4v) is 3.49. The molecule has 1 aromatic heterocycles. The van der Waals surface area contributed by atoms with E-state index >= 15 is 0 Å². The number of morpholine rings is 1. The van der Waals surface area contributed by atoms with Crippen LogP contribution in [0.5, 0.6) is 5.75 Å². The SMILES string of the molecule is CN=C(NCc1ccnc(N2CCOC(C)C2)c1)N(C)Cc1ccc(OC)c(F)c1.